The Bertz CT molecular complexity index is 557. The van der Waals surface area contributed by atoms with Crippen LogP contribution in [0.4, 0.5) is 4.39 Å². The highest BCUT2D eigenvalue weighted by molar-refractivity contribution is 14.0. The molecule has 2 aliphatic rings. The first-order valence-corrected chi connectivity index (χ1v) is 9.30. The molecule has 1 aliphatic carbocycles. The summed E-state index contributed by atoms with van der Waals surface area (Å²) in [7, 11) is 1.81. The SMILES string of the molecule is CN=C(NCC(c1ccc(F)cc1)N1CCOCC1)NC1CCCC1.I. The van der Waals surface area contributed by atoms with Gasteiger partial charge in [-0.2, -0.15) is 0 Å². The van der Waals surface area contributed by atoms with Crippen LogP contribution in [0.15, 0.2) is 29.3 Å². The molecule has 2 fully saturated rings. The van der Waals surface area contributed by atoms with Crippen LogP contribution in [0.3, 0.4) is 0 Å². The molecule has 0 radical (unpaired) electrons. The van der Waals surface area contributed by atoms with Gasteiger partial charge in [-0.3, -0.25) is 9.89 Å². The normalized spacial score (nSPS) is 20.5. The lowest BCUT2D eigenvalue weighted by molar-refractivity contribution is 0.0170. The first kappa shape index (κ1) is 21.4. The van der Waals surface area contributed by atoms with Crippen LogP contribution in [0, 0.1) is 5.82 Å². The van der Waals surface area contributed by atoms with E-state index < -0.39 is 0 Å². The molecule has 7 heteroatoms. The Morgan fingerprint density at radius 3 is 2.50 bits per heavy atom. The summed E-state index contributed by atoms with van der Waals surface area (Å²) in [4.78, 5) is 6.76. The van der Waals surface area contributed by atoms with E-state index in [1.165, 1.54) is 37.8 Å². The average Bonchev–Trinajstić information content (AvgIpc) is 3.16. The molecule has 1 unspecified atom stereocenters. The largest absolute Gasteiger partial charge is 0.379 e. The zero-order chi connectivity index (χ0) is 17.5. The van der Waals surface area contributed by atoms with Gasteiger partial charge >= 0.3 is 0 Å². The van der Waals surface area contributed by atoms with Gasteiger partial charge < -0.3 is 15.4 Å². The third-order valence-corrected chi connectivity index (χ3v) is 5.12. The first-order chi connectivity index (χ1) is 12.3. The van der Waals surface area contributed by atoms with Crippen LogP contribution in [0.25, 0.3) is 0 Å². The summed E-state index contributed by atoms with van der Waals surface area (Å²) in [6.07, 6.45) is 5.01. The number of hydrogen-bond donors (Lipinski definition) is 2. The molecule has 1 atom stereocenters. The topological polar surface area (TPSA) is 48.9 Å². The van der Waals surface area contributed by atoms with Gasteiger partial charge in [0.1, 0.15) is 5.82 Å². The molecule has 1 saturated heterocycles. The predicted octanol–water partition coefficient (Wildman–Crippen LogP) is 2.92. The summed E-state index contributed by atoms with van der Waals surface area (Å²) in [5, 5.41) is 6.99. The third kappa shape index (κ3) is 6.06. The minimum atomic E-state index is -0.198. The lowest BCUT2D eigenvalue weighted by atomic mass is 10.0. The Hall–Kier alpha value is -0.930. The van der Waals surface area contributed by atoms with Crippen molar-refractivity contribution in [3.05, 3.63) is 35.6 Å². The number of hydrogen-bond acceptors (Lipinski definition) is 3. The average molecular weight is 476 g/mol. The molecule has 146 valence electrons. The molecule has 1 aliphatic heterocycles. The van der Waals surface area contributed by atoms with Crippen LogP contribution < -0.4 is 10.6 Å². The summed E-state index contributed by atoms with van der Waals surface area (Å²) >= 11 is 0. The van der Waals surface area contributed by atoms with Crippen LogP contribution in [-0.4, -0.2) is 56.8 Å². The van der Waals surface area contributed by atoms with E-state index in [1.54, 1.807) is 0 Å². The van der Waals surface area contributed by atoms with Crippen molar-refractivity contribution in [1.82, 2.24) is 15.5 Å². The van der Waals surface area contributed by atoms with Gasteiger partial charge in [-0.15, -0.1) is 24.0 Å². The zero-order valence-electron chi connectivity index (χ0n) is 15.4. The van der Waals surface area contributed by atoms with Crippen molar-refractivity contribution in [2.24, 2.45) is 4.99 Å². The molecule has 0 bridgehead atoms. The number of ether oxygens (including phenoxy) is 1. The van der Waals surface area contributed by atoms with Gasteiger partial charge in [0.25, 0.3) is 0 Å². The Labute approximate surface area is 172 Å². The van der Waals surface area contributed by atoms with Crippen LogP contribution in [0.5, 0.6) is 0 Å². The lowest BCUT2D eigenvalue weighted by Crippen LogP contribution is -2.48. The molecule has 0 aromatic heterocycles. The summed E-state index contributed by atoms with van der Waals surface area (Å²) < 4.78 is 18.8. The van der Waals surface area contributed by atoms with E-state index in [4.69, 9.17) is 4.74 Å². The van der Waals surface area contributed by atoms with Gasteiger partial charge in [0.05, 0.1) is 19.3 Å². The maximum Gasteiger partial charge on any atom is 0.191 e. The molecule has 2 N–H and O–H groups in total. The summed E-state index contributed by atoms with van der Waals surface area (Å²) in [6, 6.07) is 7.53. The quantitative estimate of drug-likeness (QED) is 0.390. The molecule has 0 amide bonds. The highest BCUT2D eigenvalue weighted by Gasteiger charge is 2.23. The first-order valence-electron chi connectivity index (χ1n) is 9.30. The van der Waals surface area contributed by atoms with E-state index in [2.05, 4.69) is 20.5 Å². The van der Waals surface area contributed by atoms with Gasteiger partial charge in [-0.1, -0.05) is 25.0 Å². The highest BCUT2D eigenvalue weighted by atomic mass is 127. The van der Waals surface area contributed by atoms with Gasteiger partial charge in [-0.25, -0.2) is 4.39 Å². The summed E-state index contributed by atoms with van der Waals surface area (Å²) in [5.41, 5.74) is 1.12. The molecule has 3 rings (SSSR count). The maximum absolute atomic E-state index is 13.3. The van der Waals surface area contributed by atoms with E-state index in [0.29, 0.717) is 6.04 Å². The number of morpholine rings is 1. The van der Waals surface area contributed by atoms with Crippen molar-refractivity contribution in [3.63, 3.8) is 0 Å². The fourth-order valence-corrected chi connectivity index (χ4v) is 3.68. The van der Waals surface area contributed by atoms with Crippen molar-refractivity contribution in [2.45, 2.75) is 37.8 Å². The standard InChI is InChI=1S/C19H29FN4O.HI/c1-21-19(23-17-4-2-3-5-17)22-14-18(24-10-12-25-13-11-24)15-6-8-16(20)9-7-15;/h6-9,17-18H,2-5,10-14H2,1H3,(H2,21,22,23);1H. The number of guanidine groups is 1. The molecule has 5 nitrogen and oxygen atoms in total. The van der Waals surface area contributed by atoms with E-state index in [-0.39, 0.29) is 35.8 Å². The van der Waals surface area contributed by atoms with Gasteiger partial charge in [0.2, 0.25) is 0 Å². The molecule has 26 heavy (non-hydrogen) atoms. The molecule has 1 heterocycles. The second-order valence-electron chi connectivity index (χ2n) is 6.79. The molecule has 1 aromatic rings. The number of benzene rings is 1. The van der Waals surface area contributed by atoms with E-state index in [9.17, 15) is 4.39 Å². The highest BCUT2D eigenvalue weighted by Crippen LogP contribution is 2.22. The van der Waals surface area contributed by atoms with Crippen molar-refractivity contribution >= 4 is 29.9 Å². The van der Waals surface area contributed by atoms with Crippen molar-refractivity contribution in [1.29, 1.82) is 0 Å². The number of aliphatic imine (C=N–C) groups is 1. The fourth-order valence-electron chi connectivity index (χ4n) is 3.68. The Morgan fingerprint density at radius 1 is 1.23 bits per heavy atom. The minimum absolute atomic E-state index is 0. The summed E-state index contributed by atoms with van der Waals surface area (Å²) in [5.74, 6) is 0.656. The number of halogens is 2. The van der Waals surface area contributed by atoms with E-state index in [0.717, 1.165) is 44.4 Å². The molecule has 1 aromatic carbocycles. The molecule has 0 spiro atoms. The number of rotatable bonds is 5. The predicted molar refractivity (Wildman–Crippen MR) is 114 cm³/mol. The molecular formula is C19H30FIN4O. The van der Waals surface area contributed by atoms with Crippen molar-refractivity contribution in [3.8, 4) is 0 Å². The third-order valence-electron chi connectivity index (χ3n) is 5.12. The van der Waals surface area contributed by atoms with E-state index in [1.807, 2.05) is 19.2 Å². The minimum Gasteiger partial charge on any atom is -0.379 e. The van der Waals surface area contributed by atoms with Crippen molar-refractivity contribution in [2.75, 3.05) is 39.9 Å². The monoisotopic (exact) mass is 476 g/mol. The van der Waals surface area contributed by atoms with Crippen LogP contribution >= 0.6 is 24.0 Å². The summed E-state index contributed by atoms with van der Waals surface area (Å²) in [6.45, 7) is 3.99. The van der Waals surface area contributed by atoms with Crippen LogP contribution in [-0.2, 0) is 4.74 Å². The molecular weight excluding hydrogens is 446 g/mol. The van der Waals surface area contributed by atoms with E-state index >= 15 is 0 Å². The van der Waals surface area contributed by atoms with Gasteiger partial charge in [-0.05, 0) is 30.5 Å². The Morgan fingerprint density at radius 2 is 1.88 bits per heavy atom. The zero-order valence-corrected chi connectivity index (χ0v) is 17.7. The van der Waals surface area contributed by atoms with Crippen LogP contribution in [0.2, 0.25) is 0 Å². The fraction of sp³-hybridized carbons (Fsp3) is 0.632. The van der Waals surface area contributed by atoms with Crippen LogP contribution in [0.1, 0.15) is 37.3 Å². The Kier molecular flexibility index (Phi) is 9.07. The van der Waals surface area contributed by atoms with Gasteiger partial charge in [0, 0.05) is 32.7 Å². The number of nitrogens with zero attached hydrogens (tertiary/aromatic N) is 2. The maximum atomic E-state index is 13.3. The number of nitrogens with one attached hydrogen (secondary N) is 2. The van der Waals surface area contributed by atoms with Crippen molar-refractivity contribution < 1.29 is 9.13 Å². The second kappa shape index (κ2) is 11.0. The van der Waals surface area contributed by atoms with Gasteiger partial charge in [0.15, 0.2) is 5.96 Å². The Balaban J connectivity index is 0.00000243. The lowest BCUT2D eigenvalue weighted by Gasteiger charge is -2.35. The smallest absolute Gasteiger partial charge is 0.191 e. The second-order valence-corrected chi connectivity index (χ2v) is 6.79. The molecule has 1 saturated carbocycles.